The lowest BCUT2D eigenvalue weighted by Crippen LogP contribution is -2.39. The van der Waals surface area contributed by atoms with E-state index in [9.17, 15) is 0 Å². The third-order valence-corrected chi connectivity index (χ3v) is 3.87. The first-order valence-corrected chi connectivity index (χ1v) is 7.92. The fourth-order valence-corrected chi connectivity index (χ4v) is 2.66. The van der Waals surface area contributed by atoms with E-state index in [1.165, 1.54) is 6.42 Å². The summed E-state index contributed by atoms with van der Waals surface area (Å²) in [6.07, 6.45) is 3.03. The van der Waals surface area contributed by atoms with Crippen molar-refractivity contribution < 1.29 is 4.74 Å². The van der Waals surface area contributed by atoms with Gasteiger partial charge in [-0.3, -0.25) is 4.90 Å². The van der Waals surface area contributed by atoms with Gasteiger partial charge in [-0.15, -0.1) is 0 Å². The van der Waals surface area contributed by atoms with E-state index >= 15 is 0 Å². The molecule has 0 aliphatic carbocycles. The Balaban J connectivity index is 2.10. The van der Waals surface area contributed by atoms with Gasteiger partial charge in [-0.05, 0) is 42.5 Å². The van der Waals surface area contributed by atoms with Gasteiger partial charge in [0.25, 0.3) is 0 Å². The lowest BCUT2D eigenvalue weighted by atomic mass is 10.2. The van der Waals surface area contributed by atoms with E-state index in [1.807, 2.05) is 6.20 Å². The number of nitrogens with one attached hydrogen (secondary N) is 1. The second-order valence-electron chi connectivity index (χ2n) is 4.62. The number of ether oxygens (including phenoxy) is 1. The molecule has 106 valence electrons. The lowest BCUT2D eigenvalue weighted by Gasteiger charge is -2.31. The van der Waals surface area contributed by atoms with Crippen molar-refractivity contribution in [1.82, 2.24) is 14.9 Å². The zero-order valence-electron chi connectivity index (χ0n) is 11.5. The molecule has 0 spiro atoms. The maximum Gasteiger partial charge on any atom is 0.160 e. The third-order valence-electron chi connectivity index (χ3n) is 3.09. The highest BCUT2D eigenvalue weighted by Gasteiger charge is 2.24. The molecule has 1 aliphatic rings. The van der Waals surface area contributed by atoms with Crippen LogP contribution in [0.2, 0.25) is 0 Å². The number of anilines is 1. The highest BCUT2D eigenvalue weighted by Crippen LogP contribution is 2.22. The van der Waals surface area contributed by atoms with Crippen molar-refractivity contribution in [2.45, 2.75) is 26.4 Å². The predicted octanol–water partition coefficient (Wildman–Crippen LogP) is 2.30. The van der Waals surface area contributed by atoms with E-state index < -0.39 is 0 Å². The van der Waals surface area contributed by atoms with Crippen LogP contribution >= 0.6 is 22.6 Å². The molecule has 0 bridgehead atoms. The van der Waals surface area contributed by atoms with Crippen molar-refractivity contribution in [3.63, 3.8) is 0 Å². The van der Waals surface area contributed by atoms with Gasteiger partial charge in [-0.1, -0.05) is 6.92 Å². The van der Waals surface area contributed by atoms with Crippen molar-refractivity contribution >= 4 is 28.4 Å². The molecule has 2 rings (SSSR count). The summed E-state index contributed by atoms with van der Waals surface area (Å²) < 4.78 is 6.86. The van der Waals surface area contributed by atoms with Crippen molar-refractivity contribution in [3.05, 3.63) is 15.6 Å². The topological polar surface area (TPSA) is 50.3 Å². The Bertz CT molecular complexity index is 414. The SMILES string of the molecule is CCCN1CCOC(c2ncc(I)c(NCC)n2)C1. The minimum absolute atomic E-state index is 0.00490. The van der Waals surface area contributed by atoms with Crippen molar-refractivity contribution in [1.29, 1.82) is 0 Å². The van der Waals surface area contributed by atoms with Crippen LogP contribution in [0.5, 0.6) is 0 Å². The first-order chi connectivity index (χ1) is 9.24. The zero-order valence-corrected chi connectivity index (χ0v) is 13.7. The van der Waals surface area contributed by atoms with Crippen LogP contribution in [0, 0.1) is 3.57 Å². The van der Waals surface area contributed by atoms with E-state index in [2.05, 4.69) is 56.6 Å². The van der Waals surface area contributed by atoms with Crippen molar-refractivity contribution in [3.8, 4) is 0 Å². The molecule has 1 fully saturated rings. The van der Waals surface area contributed by atoms with E-state index in [0.717, 1.165) is 48.0 Å². The van der Waals surface area contributed by atoms with Crippen molar-refractivity contribution in [2.24, 2.45) is 0 Å². The maximum atomic E-state index is 5.82. The summed E-state index contributed by atoms with van der Waals surface area (Å²) in [7, 11) is 0. The molecule has 1 N–H and O–H groups in total. The molecule has 0 saturated carbocycles. The molecule has 2 heterocycles. The maximum absolute atomic E-state index is 5.82. The quantitative estimate of drug-likeness (QED) is 0.800. The van der Waals surface area contributed by atoms with Crippen LogP contribution in [-0.4, -0.2) is 47.7 Å². The second kappa shape index (κ2) is 7.35. The molecule has 1 aromatic rings. The van der Waals surface area contributed by atoms with Crippen LogP contribution in [0.3, 0.4) is 0 Å². The first-order valence-electron chi connectivity index (χ1n) is 6.84. The largest absolute Gasteiger partial charge is 0.369 e. The molecule has 0 amide bonds. The number of aromatic nitrogens is 2. The number of morpholine rings is 1. The van der Waals surface area contributed by atoms with Crippen LogP contribution in [-0.2, 0) is 4.74 Å². The average Bonchev–Trinajstić information content (AvgIpc) is 2.42. The monoisotopic (exact) mass is 376 g/mol. The molecule has 1 unspecified atom stereocenters. The van der Waals surface area contributed by atoms with Crippen LogP contribution in [0.25, 0.3) is 0 Å². The molecule has 1 aliphatic heterocycles. The zero-order chi connectivity index (χ0) is 13.7. The Morgan fingerprint density at radius 1 is 1.53 bits per heavy atom. The fraction of sp³-hybridized carbons (Fsp3) is 0.692. The van der Waals surface area contributed by atoms with Crippen molar-refractivity contribution in [2.75, 3.05) is 38.1 Å². The summed E-state index contributed by atoms with van der Waals surface area (Å²) in [5.41, 5.74) is 0. The minimum atomic E-state index is -0.00490. The Hall–Kier alpha value is -0.470. The van der Waals surface area contributed by atoms with Crippen LogP contribution < -0.4 is 5.32 Å². The van der Waals surface area contributed by atoms with Gasteiger partial charge < -0.3 is 10.1 Å². The van der Waals surface area contributed by atoms with Gasteiger partial charge in [0.05, 0.1) is 10.2 Å². The highest BCUT2D eigenvalue weighted by molar-refractivity contribution is 14.1. The summed E-state index contributed by atoms with van der Waals surface area (Å²) in [5, 5.41) is 3.26. The summed E-state index contributed by atoms with van der Waals surface area (Å²) in [6.45, 7) is 8.91. The molecule has 1 aromatic heterocycles. The van der Waals surface area contributed by atoms with Gasteiger partial charge in [0, 0.05) is 25.8 Å². The van der Waals surface area contributed by atoms with E-state index in [-0.39, 0.29) is 6.10 Å². The van der Waals surface area contributed by atoms with E-state index in [0.29, 0.717) is 0 Å². The van der Waals surface area contributed by atoms with Gasteiger partial charge in [-0.2, -0.15) is 0 Å². The second-order valence-corrected chi connectivity index (χ2v) is 5.78. The summed E-state index contributed by atoms with van der Waals surface area (Å²) in [6, 6.07) is 0. The van der Waals surface area contributed by atoms with Gasteiger partial charge in [0.2, 0.25) is 0 Å². The molecule has 0 radical (unpaired) electrons. The molecule has 0 aromatic carbocycles. The number of hydrogen-bond donors (Lipinski definition) is 1. The van der Waals surface area contributed by atoms with Crippen LogP contribution in [0.1, 0.15) is 32.2 Å². The van der Waals surface area contributed by atoms with Gasteiger partial charge >= 0.3 is 0 Å². The summed E-state index contributed by atoms with van der Waals surface area (Å²) in [5.74, 6) is 1.70. The molecule has 19 heavy (non-hydrogen) atoms. The standard InChI is InChI=1S/C13H21IN4O/c1-3-5-18-6-7-19-11(9-18)13-16-8-10(14)12(17-13)15-4-2/h8,11H,3-7,9H2,1-2H3,(H,15,16,17). The van der Waals surface area contributed by atoms with Crippen LogP contribution in [0.4, 0.5) is 5.82 Å². The summed E-state index contributed by atoms with van der Waals surface area (Å²) in [4.78, 5) is 11.4. The Kier molecular flexibility index (Phi) is 5.77. The highest BCUT2D eigenvalue weighted by atomic mass is 127. The third kappa shape index (κ3) is 4.00. The number of halogens is 1. The van der Waals surface area contributed by atoms with Gasteiger partial charge in [0.15, 0.2) is 5.82 Å². The van der Waals surface area contributed by atoms with Gasteiger partial charge in [0.1, 0.15) is 11.9 Å². The first kappa shape index (κ1) is 14.9. The lowest BCUT2D eigenvalue weighted by molar-refractivity contribution is -0.0341. The minimum Gasteiger partial charge on any atom is -0.369 e. The summed E-state index contributed by atoms with van der Waals surface area (Å²) >= 11 is 2.25. The average molecular weight is 376 g/mol. The number of rotatable bonds is 5. The molecular weight excluding hydrogens is 355 g/mol. The number of hydrogen-bond acceptors (Lipinski definition) is 5. The Morgan fingerprint density at radius 2 is 2.37 bits per heavy atom. The van der Waals surface area contributed by atoms with Crippen LogP contribution in [0.15, 0.2) is 6.20 Å². The molecule has 1 atom stereocenters. The molecular formula is C13H21IN4O. The van der Waals surface area contributed by atoms with E-state index in [4.69, 9.17) is 4.74 Å². The molecule has 5 nitrogen and oxygen atoms in total. The molecule has 1 saturated heterocycles. The smallest absolute Gasteiger partial charge is 0.160 e. The fourth-order valence-electron chi connectivity index (χ4n) is 2.21. The Morgan fingerprint density at radius 3 is 3.11 bits per heavy atom. The number of nitrogens with zero attached hydrogens (tertiary/aromatic N) is 3. The normalized spacial score (nSPS) is 20.5. The predicted molar refractivity (Wildman–Crippen MR) is 84.3 cm³/mol. The Labute approximate surface area is 128 Å². The van der Waals surface area contributed by atoms with Gasteiger partial charge in [-0.25, -0.2) is 9.97 Å². The molecule has 6 heteroatoms. The van der Waals surface area contributed by atoms with E-state index in [1.54, 1.807) is 0 Å².